The number of nitro benzene ring substituents is 1. The predicted molar refractivity (Wildman–Crippen MR) is 65.9 cm³/mol. The molecule has 0 fully saturated rings. The van der Waals surface area contributed by atoms with Crippen molar-refractivity contribution in [3.05, 3.63) is 33.9 Å². The molecule has 3 N–H and O–H groups in total. The SMILES string of the molecule is Nc1cc(CN(CCO)CC(F)F)ccc1[N+](=O)[O-]. The number of halogens is 2. The topological polar surface area (TPSA) is 92.6 Å². The summed E-state index contributed by atoms with van der Waals surface area (Å²) in [6, 6.07) is 4.09. The minimum Gasteiger partial charge on any atom is -0.395 e. The molecule has 1 aromatic carbocycles. The lowest BCUT2D eigenvalue weighted by Gasteiger charge is -2.20. The lowest BCUT2D eigenvalue weighted by Crippen LogP contribution is -2.31. The van der Waals surface area contributed by atoms with Crippen molar-refractivity contribution in [2.75, 3.05) is 25.4 Å². The maximum Gasteiger partial charge on any atom is 0.292 e. The number of nitro groups is 1. The van der Waals surface area contributed by atoms with Crippen LogP contribution in [0.4, 0.5) is 20.2 Å². The Balaban J connectivity index is 2.79. The Bertz CT molecular complexity index is 443. The Kier molecular flexibility index (Phi) is 5.58. The van der Waals surface area contributed by atoms with Crippen LogP contribution in [0, 0.1) is 10.1 Å². The molecule has 1 rings (SSSR count). The largest absolute Gasteiger partial charge is 0.395 e. The molecule has 1 aromatic rings. The first-order chi connectivity index (χ1) is 8.93. The normalized spacial score (nSPS) is 11.2. The second-order valence-electron chi connectivity index (χ2n) is 4.00. The van der Waals surface area contributed by atoms with E-state index in [2.05, 4.69) is 0 Å². The van der Waals surface area contributed by atoms with Gasteiger partial charge in [-0.2, -0.15) is 0 Å². The van der Waals surface area contributed by atoms with E-state index in [9.17, 15) is 18.9 Å². The quantitative estimate of drug-likeness (QED) is 0.443. The molecular formula is C11H15F2N3O3. The fourth-order valence-corrected chi connectivity index (χ4v) is 1.70. The average Bonchev–Trinajstić information content (AvgIpc) is 2.27. The van der Waals surface area contributed by atoms with Crippen LogP contribution in [-0.4, -0.2) is 41.1 Å². The average molecular weight is 275 g/mol. The molecule has 0 saturated carbocycles. The fourth-order valence-electron chi connectivity index (χ4n) is 1.70. The zero-order chi connectivity index (χ0) is 14.4. The van der Waals surface area contributed by atoms with E-state index in [1.807, 2.05) is 0 Å². The molecule has 0 radical (unpaired) electrons. The number of nitrogens with two attached hydrogens (primary N) is 1. The number of alkyl halides is 2. The van der Waals surface area contributed by atoms with Crippen molar-refractivity contribution >= 4 is 11.4 Å². The van der Waals surface area contributed by atoms with Gasteiger partial charge in [0.15, 0.2) is 0 Å². The Hall–Kier alpha value is -1.80. The Morgan fingerprint density at radius 2 is 2.16 bits per heavy atom. The predicted octanol–water partition coefficient (Wildman–Crippen LogP) is 1.24. The van der Waals surface area contributed by atoms with Crippen molar-refractivity contribution in [1.29, 1.82) is 0 Å². The molecule has 0 aliphatic heterocycles. The highest BCUT2D eigenvalue weighted by Gasteiger charge is 2.15. The number of hydrogen-bond acceptors (Lipinski definition) is 5. The van der Waals surface area contributed by atoms with E-state index in [0.717, 1.165) is 0 Å². The maximum absolute atomic E-state index is 12.3. The molecule has 0 amide bonds. The third-order valence-corrected chi connectivity index (χ3v) is 2.51. The second kappa shape index (κ2) is 6.95. The van der Waals surface area contributed by atoms with E-state index in [0.29, 0.717) is 5.56 Å². The number of hydrogen-bond donors (Lipinski definition) is 2. The van der Waals surface area contributed by atoms with Gasteiger partial charge in [-0.3, -0.25) is 15.0 Å². The molecule has 106 valence electrons. The van der Waals surface area contributed by atoms with Gasteiger partial charge < -0.3 is 10.8 Å². The number of nitrogens with zero attached hydrogens (tertiary/aromatic N) is 2. The lowest BCUT2D eigenvalue weighted by atomic mass is 10.1. The summed E-state index contributed by atoms with van der Waals surface area (Å²) in [4.78, 5) is 11.3. The number of benzene rings is 1. The monoisotopic (exact) mass is 275 g/mol. The Morgan fingerprint density at radius 1 is 1.47 bits per heavy atom. The van der Waals surface area contributed by atoms with Crippen LogP contribution < -0.4 is 5.73 Å². The van der Waals surface area contributed by atoms with E-state index in [1.54, 1.807) is 0 Å². The highest BCUT2D eigenvalue weighted by atomic mass is 19.3. The molecule has 0 aromatic heterocycles. The van der Waals surface area contributed by atoms with Gasteiger partial charge in [-0.05, 0) is 11.6 Å². The summed E-state index contributed by atoms with van der Waals surface area (Å²) in [7, 11) is 0. The summed E-state index contributed by atoms with van der Waals surface area (Å²) in [5.74, 6) is 0. The minimum atomic E-state index is -2.51. The lowest BCUT2D eigenvalue weighted by molar-refractivity contribution is -0.383. The van der Waals surface area contributed by atoms with E-state index in [-0.39, 0.29) is 31.1 Å². The first-order valence-corrected chi connectivity index (χ1v) is 5.58. The van der Waals surface area contributed by atoms with Gasteiger partial charge in [-0.15, -0.1) is 0 Å². The summed E-state index contributed by atoms with van der Waals surface area (Å²) < 4.78 is 24.6. The van der Waals surface area contributed by atoms with Gasteiger partial charge in [0.25, 0.3) is 12.1 Å². The van der Waals surface area contributed by atoms with Crippen molar-refractivity contribution in [3.8, 4) is 0 Å². The van der Waals surface area contributed by atoms with Gasteiger partial charge in [0.2, 0.25) is 0 Å². The molecule has 0 saturated heterocycles. The molecule has 19 heavy (non-hydrogen) atoms. The van der Waals surface area contributed by atoms with E-state index in [1.165, 1.54) is 23.1 Å². The van der Waals surface area contributed by atoms with Gasteiger partial charge in [0.1, 0.15) is 5.69 Å². The van der Waals surface area contributed by atoms with Gasteiger partial charge in [0.05, 0.1) is 18.1 Å². The molecule has 0 unspecified atom stereocenters. The van der Waals surface area contributed by atoms with E-state index in [4.69, 9.17) is 10.8 Å². The molecule has 0 atom stereocenters. The van der Waals surface area contributed by atoms with Gasteiger partial charge in [-0.1, -0.05) is 6.07 Å². The Morgan fingerprint density at radius 3 is 2.63 bits per heavy atom. The Labute approximate surface area is 108 Å². The third-order valence-electron chi connectivity index (χ3n) is 2.51. The number of aliphatic hydroxyl groups is 1. The molecule has 0 bridgehead atoms. The summed E-state index contributed by atoms with van der Waals surface area (Å²) in [5, 5.41) is 19.4. The van der Waals surface area contributed by atoms with Crippen molar-refractivity contribution in [2.24, 2.45) is 0 Å². The second-order valence-corrected chi connectivity index (χ2v) is 4.00. The molecular weight excluding hydrogens is 260 g/mol. The summed E-state index contributed by atoms with van der Waals surface area (Å²) >= 11 is 0. The van der Waals surface area contributed by atoms with Crippen LogP contribution in [0.25, 0.3) is 0 Å². The van der Waals surface area contributed by atoms with Crippen molar-refractivity contribution < 1.29 is 18.8 Å². The van der Waals surface area contributed by atoms with E-state index < -0.39 is 17.9 Å². The number of nitrogen functional groups attached to an aromatic ring is 1. The summed E-state index contributed by atoms with van der Waals surface area (Å²) in [6.45, 7) is -0.471. The molecule has 6 nitrogen and oxygen atoms in total. The van der Waals surface area contributed by atoms with Crippen LogP contribution in [0.5, 0.6) is 0 Å². The summed E-state index contributed by atoms with van der Waals surface area (Å²) in [5.41, 5.74) is 5.87. The molecule has 0 spiro atoms. The van der Waals surface area contributed by atoms with Crippen molar-refractivity contribution in [1.82, 2.24) is 4.90 Å². The first-order valence-electron chi connectivity index (χ1n) is 5.58. The smallest absolute Gasteiger partial charge is 0.292 e. The molecule has 0 heterocycles. The van der Waals surface area contributed by atoms with Gasteiger partial charge >= 0.3 is 0 Å². The zero-order valence-corrected chi connectivity index (χ0v) is 10.1. The number of rotatable bonds is 7. The van der Waals surface area contributed by atoms with Crippen LogP contribution >= 0.6 is 0 Å². The van der Waals surface area contributed by atoms with Crippen LogP contribution in [0.1, 0.15) is 5.56 Å². The maximum atomic E-state index is 12.3. The van der Waals surface area contributed by atoms with Crippen molar-refractivity contribution in [2.45, 2.75) is 13.0 Å². The van der Waals surface area contributed by atoms with Gasteiger partial charge in [0, 0.05) is 19.2 Å². The highest BCUT2D eigenvalue weighted by molar-refractivity contribution is 5.59. The standard InChI is InChI=1S/C11H15F2N3O3/c12-11(13)7-15(3-4-17)6-8-1-2-10(16(18)19)9(14)5-8/h1-2,5,11,17H,3-4,6-7,14H2. The molecule has 8 heteroatoms. The zero-order valence-electron chi connectivity index (χ0n) is 10.1. The van der Waals surface area contributed by atoms with Crippen LogP contribution in [0.2, 0.25) is 0 Å². The number of anilines is 1. The third kappa shape index (κ3) is 4.76. The molecule has 0 aliphatic rings. The van der Waals surface area contributed by atoms with E-state index >= 15 is 0 Å². The van der Waals surface area contributed by atoms with Crippen molar-refractivity contribution in [3.63, 3.8) is 0 Å². The number of aliphatic hydroxyl groups excluding tert-OH is 1. The highest BCUT2D eigenvalue weighted by Crippen LogP contribution is 2.22. The minimum absolute atomic E-state index is 0.0107. The first kappa shape index (κ1) is 15.3. The van der Waals surface area contributed by atoms with Crippen LogP contribution in [-0.2, 0) is 6.54 Å². The van der Waals surface area contributed by atoms with Crippen LogP contribution in [0.15, 0.2) is 18.2 Å². The summed E-state index contributed by atoms with van der Waals surface area (Å²) in [6.07, 6.45) is -2.51. The van der Waals surface area contributed by atoms with Gasteiger partial charge in [-0.25, -0.2) is 8.78 Å². The van der Waals surface area contributed by atoms with Crippen LogP contribution in [0.3, 0.4) is 0 Å². The molecule has 0 aliphatic carbocycles. The fraction of sp³-hybridized carbons (Fsp3) is 0.455.